The maximum absolute atomic E-state index is 12.1. The van der Waals surface area contributed by atoms with Gasteiger partial charge in [0.1, 0.15) is 0 Å². The largest absolute Gasteiger partial charge is 0.350 e. The lowest BCUT2D eigenvalue weighted by Crippen LogP contribution is -2.32. The quantitative estimate of drug-likeness (QED) is 0.908. The molecule has 2 rings (SSSR count). The van der Waals surface area contributed by atoms with Gasteiger partial charge in [-0.05, 0) is 36.2 Å². The zero-order chi connectivity index (χ0) is 14.5. The van der Waals surface area contributed by atoms with Gasteiger partial charge in [0, 0.05) is 23.2 Å². The monoisotopic (exact) mass is 288 g/mol. The molecule has 3 nitrogen and oxygen atoms in total. The number of halogens is 1. The Bertz CT molecular complexity index is 599. The van der Waals surface area contributed by atoms with E-state index >= 15 is 0 Å². The van der Waals surface area contributed by atoms with E-state index in [0.29, 0.717) is 17.1 Å². The lowest BCUT2D eigenvalue weighted by Gasteiger charge is -2.14. The molecule has 20 heavy (non-hydrogen) atoms. The molecular formula is C16H17ClN2O. The Morgan fingerprint density at radius 1 is 1.25 bits per heavy atom. The van der Waals surface area contributed by atoms with Gasteiger partial charge in [0.25, 0.3) is 5.91 Å². The summed E-state index contributed by atoms with van der Waals surface area (Å²) in [5, 5.41) is 3.48. The first kappa shape index (κ1) is 14.6. The van der Waals surface area contributed by atoms with Crippen LogP contribution in [0.15, 0.2) is 48.5 Å². The van der Waals surface area contributed by atoms with Gasteiger partial charge in [-0.25, -0.2) is 0 Å². The Balaban J connectivity index is 1.99. The minimum absolute atomic E-state index is 0.134. The van der Waals surface area contributed by atoms with Crippen LogP contribution in [-0.4, -0.2) is 12.5 Å². The number of amides is 1. The molecule has 0 aliphatic rings. The van der Waals surface area contributed by atoms with E-state index in [1.165, 1.54) is 0 Å². The lowest BCUT2D eigenvalue weighted by atomic mass is 10.1. The molecule has 0 radical (unpaired) electrons. The van der Waals surface area contributed by atoms with Crippen molar-refractivity contribution in [2.24, 2.45) is 5.73 Å². The summed E-state index contributed by atoms with van der Waals surface area (Å²) in [6.07, 6.45) is 0. The van der Waals surface area contributed by atoms with E-state index in [-0.39, 0.29) is 11.9 Å². The molecule has 3 N–H and O–H groups in total. The second kappa shape index (κ2) is 6.55. The number of benzene rings is 2. The summed E-state index contributed by atoms with van der Waals surface area (Å²) in [6.45, 7) is 2.25. The Morgan fingerprint density at radius 3 is 2.60 bits per heavy atom. The predicted molar refractivity (Wildman–Crippen MR) is 81.9 cm³/mol. The number of aryl methyl sites for hydroxylation is 1. The summed E-state index contributed by atoms with van der Waals surface area (Å²) >= 11 is 5.88. The van der Waals surface area contributed by atoms with E-state index < -0.39 is 0 Å². The number of carbonyl (C=O) groups excluding carboxylic acids is 1. The first-order valence-corrected chi connectivity index (χ1v) is 6.80. The molecule has 0 heterocycles. The molecule has 0 saturated carbocycles. The number of carbonyl (C=O) groups is 1. The Hall–Kier alpha value is -1.84. The normalized spacial score (nSPS) is 11.9. The molecular weight excluding hydrogens is 272 g/mol. The van der Waals surface area contributed by atoms with Crippen LogP contribution in [0.1, 0.15) is 27.5 Å². The molecule has 4 heteroatoms. The van der Waals surface area contributed by atoms with Crippen molar-refractivity contribution in [3.05, 3.63) is 70.2 Å². The highest BCUT2D eigenvalue weighted by atomic mass is 35.5. The van der Waals surface area contributed by atoms with Crippen molar-refractivity contribution in [3.8, 4) is 0 Å². The van der Waals surface area contributed by atoms with Crippen molar-refractivity contribution in [3.63, 3.8) is 0 Å². The van der Waals surface area contributed by atoms with E-state index in [4.69, 9.17) is 17.3 Å². The van der Waals surface area contributed by atoms with Crippen molar-refractivity contribution in [2.45, 2.75) is 13.0 Å². The van der Waals surface area contributed by atoms with Crippen LogP contribution >= 0.6 is 11.6 Å². The van der Waals surface area contributed by atoms with Crippen molar-refractivity contribution in [1.82, 2.24) is 5.32 Å². The maximum Gasteiger partial charge on any atom is 0.251 e. The molecule has 2 aromatic rings. The highest BCUT2D eigenvalue weighted by Crippen LogP contribution is 2.15. The van der Waals surface area contributed by atoms with Crippen LogP contribution in [0.3, 0.4) is 0 Å². The summed E-state index contributed by atoms with van der Waals surface area (Å²) in [4.78, 5) is 12.1. The Kier molecular flexibility index (Phi) is 4.77. The molecule has 0 saturated heterocycles. The predicted octanol–water partition coefficient (Wildman–Crippen LogP) is 3.08. The van der Waals surface area contributed by atoms with Gasteiger partial charge >= 0.3 is 0 Å². The zero-order valence-electron chi connectivity index (χ0n) is 11.3. The van der Waals surface area contributed by atoms with Crippen LogP contribution in [0.4, 0.5) is 0 Å². The van der Waals surface area contributed by atoms with Gasteiger partial charge in [-0.3, -0.25) is 4.79 Å². The van der Waals surface area contributed by atoms with Gasteiger partial charge < -0.3 is 11.1 Å². The van der Waals surface area contributed by atoms with Crippen LogP contribution in [0.5, 0.6) is 0 Å². The minimum Gasteiger partial charge on any atom is -0.350 e. The van der Waals surface area contributed by atoms with E-state index in [2.05, 4.69) is 5.32 Å². The fourth-order valence-electron chi connectivity index (χ4n) is 2.00. The average molecular weight is 289 g/mol. The third-order valence-electron chi connectivity index (χ3n) is 3.14. The molecule has 0 spiro atoms. The molecule has 1 unspecified atom stereocenters. The fraction of sp³-hybridized carbons (Fsp3) is 0.188. The second-order valence-electron chi connectivity index (χ2n) is 4.69. The molecule has 0 aromatic heterocycles. The van der Waals surface area contributed by atoms with Crippen molar-refractivity contribution >= 4 is 17.5 Å². The summed E-state index contributed by atoms with van der Waals surface area (Å²) in [5.74, 6) is -0.134. The zero-order valence-corrected chi connectivity index (χ0v) is 12.0. The highest BCUT2D eigenvalue weighted by molar-refractivity contribution is 6.30. The topological polar surface area (TPSA) is 55.1 Å². The molecule has 104 valence electrons. The van der Waals surface area contributed by atoms with Crippen LogP contribution in [0.25, 0.3) is 0 Å². The molecule has 0 fully saturated rings. The van der Waals surface area contributed by atoms with E-state index in [9.17, 15) is 4.79 Å². The van der Waals surface area contributed by atoms with Gasteiger partial charge in [-0.15, -0.1) is 0 Å². The van der Waals surface area contributed by atoms with Crippen molar-refractivity contribution in [1.29, 1.82) is 0 Å². The summed E-state index contributed by atoms with van der Waals surface area (Å²) in [6, 6.07) is 14.7. The molecule has 1 atom stereocenters. The summed E-state index contributed by atoms with van der Waals surface area (Å²) < 4.78 is 0. The molecule has 0 aliphatic carbocycles. The second-order valence-corrected chi connectivity index (χ2v) is 5.12. The van der Waals surface area contributed by atoms with E-state index in [1.807, 2.05) is 37.3 Å². The van der Waals surface area contributed by atoms with E-state index in [1.54, 1.807) is 18.2 Å². The number of nitrogens with one attached hydrogen (secondary N) is 1. The van der Waals surface area contributed by atoms with Crippen LogP contribution < -0.4 is 11.1 Å². The number of rotatable bonds is 4. The third kappa shape index (κ3) is 3.59. The maximum atomic E-state index is 12.1. The molecule has 0 bridgehead atoms. The standard InChI is InChI=1S/C16H17ClN2O/c1-11-9-13(17)7-8-14(11)16(20)19-10-15(18)12-5-3-2-4-6-12/h2-9,15H,10,18H2,1H3,(H,19,20). The first-order chi connectivity index (χ1) is 9.58. The molecule has 1 amide bonds. The number of hydrogen-bond acceptors (Lipinski definition) is 2. The van der Waals surface area contributed by atoms with Crippen LogP contribution in [-0.2, 0) is 0 Å². The summed E-state index contributed by atoms with van der Waals surface area (Å²) in [5.41, 5.74) is 8.52. The van der Waals surface area contributed by atoms with Gasteiger partial charge in [0.15, 0.2) is 0 Å². The third-order valence-corrected chi connectivity index (χ3v) is 3.38. The highest BCUT2D eigenvalue weighted by Gasteiger charge is 2.11. The van der Waals surface area contributed by atoms with Crippen molar-refractivity contribution < 1.29 is 4.79 Å². The molecule has 2 aromatic carbocycles. The smallest absolute Gasteiger partial charge is 0.251 e. The van der Waals surface area contributed by atoms with Crippen LogP contribution in [0, 0.1) is 6.92 Å². The minimum atomic E-state index is -0.215. The lowest BCUT2D eigenvalue weighted by molar-refractivity contribution is 0.0950. The van der Waals surface area contributed by atoms with E-state index in [0.717, 1.165) is 11.1 Å². The average Bonchev–Trinajstić information content (AvgIpc) is 2.45. The Labute approximate surface area is 123 Å². The Morgan fingerprint density at radius 2 is 1.95 bits per heavy atom. The number of hydrogen-bond donors (Lipinski definition) is 2. The van der Waals surface area contributed by atoms with Gasteiger partial charge in [0.2, 0.25) is 0 Å². The molecule has 0 aliphatic heterocycles. The SMILES string of the molecule is Cc1cc(Cl)ccc1C(=O)NCC(N)c1ccccc1. The van der Waals surface area contributed by atoms with Gasteiger partial charge in [-0.1, -0.05) is 41.9 Å². The summed E-state index contributed by atoms with van der Waals surface area (Å²) in [7, 11) is 0. The first-order valence-electron chi connectivity index (χ1n) is 6.43. The van der Waals surface area contributed by atoms with Crippen molar-refractivity contribution in [2.75, 3.05) is 6.54 Å². The number of nitrogens with two attached hydrogens (primary N) is 1. The van der Waals surface area contributed by atoms with Gasteiger partial charge in [0.05, 0.1) is 0 Å². The fourth-order valence-corrected chi connectivity index (χ4v) is 2.22. The van der Waals surface area contributed by atoms with Gasteiger partial charge in [-0.2, -0.15) is 0 Å². The van der Waals surface area contributed by atoms with Crippen LogP contribution in [0.2, 0.25) is 5.02 Å².